The molecule has 6 nitrogen and oxygen atoms in total. The number of carbonyl (C=O) groups is 4. The van der Waals surface area contributed by atoms with E-state index in [1.54, 1.807) is 0 Å². The average molecular weight is 611 g/mol. The first-order chi connectivity index (χ1) is 20.3. The van der Waals surface area contributed by atoms with Crippen molar-refractivity contribution in [1.29, 1.82) is 0 Å². The molecule has 0 bridgehead atoms. The van der Waals surface area contributed by atoms with E-state index in [1.807, 2.05) is 51.1 Å². The van der Waals surface area contributed by atoms with E-state index in [2.05, 4.69) is 13.8 Å². The van der Waals surface area contributed by atoms with Gasteiger partial charge in [-0.1, -0.05) is 32.0 Å². The Kier molecular flexibility index (Phi) is 9.25. The number of fused-ring (bicyclic) bond motifs is 5. The summed E-state index contributed by atoms with van der Waals surface area (Å²) < 4.78 is 11.4. The standard InChI is InChI=1S/C36H50O6S/c1-22(38)41-25-16-17-35(5)24(19-25)12-13-27-29-15-14-28(36(29,6)32(39)20-30(27)35)23(21-37)18-31(33(40)42-34(2,3)4)43-26-10-8-7-9-11-26/h7-11,21,23-25,27-31H,12-20H2,1-6H3/t23-,24?,25-,27-,28+,29-,30-,31?,35-,36+/m0/s1. The number of ether oxygens (including phenoxy) is 2. The number of hydrogen-bond acceptors (Lipinski definition) is 7. The van der Waals surface area contributed by atoms with Crippen molar-refractivity contribution in [3.63, 3.8) is 0 Å². The van der Waals surface area contributed by atoms with Crippen LogP contribution < -0.4 is 0 Å². The molecule has 2 unspecified atom stereocenters. The molecule has 1 aromatic carbocycles. The van der Waals surface area contributed by atoms with E-state index >= 15 is 0 Å². The molecule has 0 N–H and O–H groups in total. The third kappa shape index (κ3) is 6.35. The van der Waals surface area contributed by atoms with Crippen LogP contribution in [0, 0.1) is 46.3 Å². The first-order valence-corrected chi connectivity index (χ1v) is 17.2. The van der Waals surface area contributed by atoms with Crippen molar-refractivity contribution in [2.75, 3.05) is 0 Å². The van der Waals surface area contributed by atoms with E-state index < -0.39 is 22.2 Å². The van der Waals surface area contributed by atoms with Crippen molar-refractivity contribution in [3.8, 4) is 0 Å². The molecule has 4 fully saturated rings. The van der Waals surface area contributed by atoms with Gasteiger partial charge in [0.15, 0.2) is 0 Å². The van der Waals surface area contributed by atoms with Gasteiger partial charge in [0.2, 0.25) is 0 Å². The van der Waals surface area contributed by atoms with Crippen molar-refractivity contribution in [2.45, 2.75) is 121 Å². The Hall–Kier alpha value is -2.15. The van der Waals surface area contributed by atoms with Crippen molar-refractivity contribution < 1.29 is 28.7 Å². The van der Waals surface area contributed by atoms with E-state index in [0.29, 0.717) is 36.4 Å². The summed E-state index contributed by atoms with van der Waals surface area (Å²) in [4.78, 5) is 53.2. The summed E-state index contributed by atoms with van der Waals surface area (Å²) in [6.45, 7) is 11.6. The summed E-state index contributed by atoms with van der Waals surface area (Å²) in [7, 11) is 0. The van der Waals surface area contributed by atoms with Crippen LogP contribution in [0.2, 0.25) is 0 Å². The Morgan fingerprint density at radius 2 is 1.77 bits per heavy atom. The molecule has 0 heterocycles. The van der Waals surface area contributed by atoms with Crippen LogP contribution in [0.25, 0.3) is 0 Å². The van der Waals surface area contributed by atoms with Crippen LogP contribution in [0.5, 0.6) is 0 Å². The molecule has 4 saturated carbocycles. The summed E-state index contributed by atoms with van der Waals surface area (Å²) in [5.74, 6) is 0.859. The molecule has 236 valence electrons. The average Bonchev–Trinajstić information content (AvgIpc) is 3.29. The lowest BCUT2D eigenvalue weighted by atomic mass is 9.44. The molecule has 0 saturated heterocycles. The Bertz CT molecular complexity index is 1210. The van der Waals surface area contributed by atoms with Gasteiger partial charge in [-0.15, -0.1) is 11.8 Å². The highest BCUT2D eigenvalue weighted by Crippen LogP contribution is 2.67. The van der Waals surface area contributed by atoms with Crippen molar-refractivity contribution in [1.82, 2.24) is 0 Å². The zero-order chi connectivity index (χ0) is 31.2. The van der Waals surface area contributed by atoms with Gasteiger partial charge >= 0.3 is 11.9 Å². The van der Waals surface area contributed by atoms with Crippen LogP contribution in [0.4, 0.5) is 0 Å². The Balaban J connectivity index is 1.36. The molecule has 0 radical (unpaired) electrons. The highest BCUT2D eigenvalue weighted by Gasteiger charge is 2.64. The number of carbonyl (C=O) groups excluding carboxylic acids is 4. The van der Waals surface area contributed by atoms with Gasteiger partial charge in [-0.2, -0.15) is 0 Å². The monoisotopic (exact) mass is 610 g/mol. The largest absolute Gasteiger partial charge is 0.463 e. The molecule has 7 heteroatoms. The number of ketones is 1. The third-order valence-electron chi connectivity index (χ3n) is 11.8. The molecule has 0 aromatic heterocycles. The maximum atomic E-state index is 14.3. The summed E-state index contributed by atoms with van der Waals surface area (Å²) in [6.07, 6.45) is 8.69. The molecule has 0 aliphatic heterocycles. The molecule has 10 atom stereocenters. The van der Waals surface area contributed by atoms with Gasteiger partial charge in [0.05, 0.1) is 0 Å². The van der Waals surface area contributed by atoms with Crippen LogP contribution in [-0.4, -0.2) is 41.0 Å². The zero-order valence-corrected chi connectivity index (χ0v) is 27.6. The number of benzene rings is 1. The molecule has 4 aliphatic carbocycles. The molecule has 0 amide bonds. The quantitative estimate of drug-likeness (QED) is 0.171. The maximum Gasteiger partial charge on any atom is 0.319 e. The minimum absolute atomic E-state index is 0.00688. The summed E-state index contributed by atoms with van der Waals surface area (Å²) >= 11 is 1.45. The molecular formula is C36H50O6S. The van der Waals surface area contributed by atoms with E-state index in [-0.39, 0.29) is 35.3 Å². The fraction of sp³-hybridized carbons (Fsp3) is 0.722. The summed E-state index contributed by atoms with van der Waals surface area (Å²) in [6, 6.07) is 9.80. The molecule has 5 rings (SSSR count). The minimum atomic E-state index is -0.631. The van der Waals surface area contributed by atoms with Gasteiger partial charge in [-0.3, -0.25) is 14.4 Å². The van der Waals surface area contributed by atoms with Crippen molar-refractivity contribution in [2.24, 2.45) is 46.3 Å². The second-order valence-corrected chi connectivity index (χ2v) is 16.5. The Labute approximate surface area is 261 Å². The summed E-state index contributed by atoms with van der Waals surface area (Å²) in [5.41, 5.74) is -1.11. The van der Waals surface area contributed by atoms with Gasteiger partial charge in [0, 0.05) is 29.6 Å². The number of hydrogen-bond donors (Lipinski definition) is 0. The van der Waals surface area contributed by atoms with Gasteiger partial charge in [0.25, 0.3) is 0 Å². The van der Waals surface area contributed by atoms with Crippen LogP contribution in [-0.2, 0) is 28.7 Å². The second kappa shape index (κ2) is 12.3. The topological polar surface area (TPSA) is 86.7 Å². The van der Waals surface area contributed by atoms with Crippen molar-refractivity contribution >= 4 is 35.8 Å². The fourth-order valence-electron chi connectivity index (χ4n) is 9.78. The van der Waals surface area contributed by atoms with Gasteiger partial charge < -0.3 is 14.3 Å². The molecule has 4 aliphatic rings. The third-order valence-corrected chi connectivity index (χ3v) is 13.0. The lowest BCUT2D eigenvalue weighted by Gasteiger charge is -2.60. The highest BCUT2D eigenvalue weighted by atomic mass is 32.2. The molecule has 0 spiro atoms. The first kappa shape index (κ1) is 32.2. The van der Waals surface area contributed by atoms with Gasteiger partial charge in [0.1, 0.15) is 29.0 Å². The number of aldehydes is 1. The maximum absolute atomic E-state index is 14.3. The van der Waals surface area contributed by atoms with E-state index in [4.69, 9.17) is 9.47 Å². The van der Waals surface area contributed by atoms with Crippen LogP contribution in [0.1, 0.15) is 99.3 Å². The van der Waals surface area contributed by atoms with Crippen LogP contribution in [0.3, 0.4) is 0 Å². The molecular weight excluding hydrogens is 560 g/mol. The smallest absolute Gasteiger partial charge is 0.319 e. The lowest BCUT2D eigenvalue weighted by Crippen LogP contribution is -2.57. The van der Waals surface area contributed by atoms with Gasteiger partial charge in [-0.25, -0.2) is 0 Å². The van der Waals surface area contributed by atoms with Crippen LogP contribution >= 0.6 is 11.8 Å². The predicted octanol–water partition coefficient (Wildman–Crippen LogP) is 7.46. The zero-order valence-electron chi connectivity index (χ0n) is 26.8. The fourth-order valence-corrected chi connectivity index (χ4v) is 10.9. The lowest BCUT2D eigenvalue weighted by molar-refractivity contribution is -0.167. The van der Waals surface area contributed by atoms with Crippen molar-refractivity contribution in [3.05, 3.63) is 30.3 Å². The molecule has 43 heavy (non-hydrogen) atoms. The number of Topliss-reactive ketones (excluding diaryl/α,β-unsaturated/α-hetero) is 1. The van der Waals surface area contributed by atoms with E-state index in [1.165, 1.54) is 18.7 Å². The number of esters is 2. The Morgan fingerprint density at radius 3 is 2.42 bits per heavy atom. The second-order valence-electron chi connectivity index (χ2n) is 15.2. The predicted molar refractivity (Wildman–Crippen MR) is 167 cm³/mol. The van der Waals surface area contributed by atoms with Crippen LogP contribution in [0.15, 0.2) is 35.2 Å². The highest BCUT2D eigenvalue weighted by molar-refractivity contribution is 8.00. The number of rotatable bonds is 8. The Morgan fingerprint density at radius 1 is 1.05 bits per heavy atom. The SMILES string of the molecule is CC(=O)O[C@H]1CC[C@@]2(C)C(CC[C@H]3[C@@H]4CC[C@H]([C@H](C=O)CC(Sc5ccccc5)C(=O)OC(C)(C)C)[C@@]4(C)C(=O)C[C@@H]32)C1. The first-order valence-electron chi connectivity index (χ1n) is 16.4. The molecule has 1 aromatic rings. The van der Waals surface area contributed by atoms with Gasteiger partial charge in [-0.05, 0) is 119 Å². The summed E-state index contributed by atoms with van der Waals surface area (Å²) in [5, 5.41) is -0.535. The minimum Gasteiger partial charge on any atom is -0.463 e. The van der Waals surface area contributed by atoms with E-state index in [0.717, 1.165) is 56.1 Å². The number of thioether (sulfide) groups is 1. The normalized spacial score (nSPS) is 36.8. The van der Waals surface area contributed by atoms with E-state index in [9.17, 15) is 19.2 Å².